The van der Waals surface area contributed by atoms with Crippen LogP contribution >= 0.6 is 0 Å². The van der Waals surface area contributed by atoms with Crippen LogP contribution in [0.2, 0.25) is 0 Å². The highest BCUT2D eigenvalue weighted by Gasteiger charge is 2.25. The number of hydrogen-bond acceptors (Lipinski definition) is 4. The fraction of sp³-hybridized carbons (Fsp3) is 0.250. The maximum Gasteiger partial charge on any atom is 0.202 e. The van der Waals surface area contributed by atoms with Crippen molar-refractivity contribution >= 4 is 16.7 Å². The number of furan rings is 1. The van der Waals surface area contributed by atoms with Gasteiger partial charge in [0.1, 0.15) is 11.4 Å². The molecule has 0 N–H and O–H groups in total. The highest BCUT2D eigenvalue weighted by atomic mass is 16.3. The third kappa shape index (κ3) is 2.94. The van der Waals surface area contributed by atoms with Gasteiger partial charge in [-0.05, 0) is 49.1 Å². The number of likely N-dealkylation sites (N-methyl/N-ethyl adjacent to an activating group) is 1. The van der Waals surface area contributed by atoms with Crippen molar-refractivity contribution in [2.24, 2.45) is 0 Å². The summed E-state index contributed by atoms with van der Waals surface area (Å²) in [6, 6.07) is 14.6. The van der Waals surface area contributed by atoms with Crippen LogP contribution < -0.4 is 10.3 Å². The first-order valence-corrected chi connectivity index (χ1v) is 10.0. The van der Waals surface area contributed by atoms with Gasteiger partial charge in [0.2, 0.25) is 5.43 Å². The Hall–Kier alpha value is -3.34. The second kappa shape index (κ2) is 6.92. The quantitative estimate of drug-likeness (QED) is 0.526. The largest absolute Gasteiger partial charge is 0.464 e. The zero-order chi connectivity index (χ0) is 20.0. The van der Waals surface area contributed by atoms with Crippen LogP contribution in [0.25, 0.3) is 22.4 Å². The van der Waals surface area contributed by atoms with E-state index in [1.165, 1.54) is 11.1 Å². The third-order valence-corrected chi connectivity index (χ3v) is 6.01. The van der Waals surface area contributed by atoms with E-state index in [1.807, 2.05) is 36.0 Å². The monoisotopic (exact) mass is 385 g/mol. The number of fused-ring (bicyclic) bond motifs is 2. The summed E-state index contributed by atoms with van der Waals surface area (Å²) in [7, 11) is 2.09. The summed E-state index contributed by atoms with van der Waals surface area (Å²) in [5, 5.41) is 0.626. The summed E-state index contributed by atoms with van der Waals surface area (Å²) in [5.74, 6) is 0.587. The Morgan fingerprint density at radius 2 is 1.93 bits per heavy atom. The maximum absolute atomic E-state index is 13.2. The predicted molar refractivity (Wildman–Crippen MR) is 115 cm³/mol. The Kier molecular flexibility index (Phi) is 4.23. The lowest BCUT2D eigenvalue weighted by molar-refractivity contribution is 0.581. The summed E-state index contributed by atoms with van der Waals surface area (Å²) >= 11 is 0. The Bertz CT molecular complexity index is 1220. The van der Waals surface area contributed by atoms with Crippen LogP contribution in [0.4, 0.5) is 5.69 Å². The van der Waals surface area contributed by atoms with Crippen molar-refractivity contribution in [2.75, 3.05) is 11.9 Å². The number of pyridine rings is 2. The van der Waals surface area contributed by atoms with Crippen molar-refractivity contribution in [3.63, 3.8) is 0 Å². The summed E-state index contributed by atoms with van der Waals surface area (Å²) in [6.07, 6.45) is 7.33. The van der Waals surface area contributed by atoms with E-state index < -0.39 is 0 Å². The average molecular weight is 385 g/mol. The molecule has 1 aromatic carbocycles. The summed E-state index contributed by atoms with van der Waals surface area (Å²) in [6.45, 7) is 2.78. The smallest absolute Gasteiger partial charge is 0.202 e. The summed E-state index contributed by atoms with van der Waals surface area (Å²) in [4.78, 5) is 20.2. The molecule has 3 heterocycles. The van der Waals surface area contributed by atoms with Crippen LogP contribution in [0.1, 0.15) is 18.1 Å². The minimum Gasteiger partial charge on any atom is -0.464 e. The van der Waals surface area contributed by atoms with Crippen LogP contribution in [0.3, 0.4) is 0 Å². The molecule has 0 atom stereocenters. The van der Waals surface area contributed by atoms with Crippen LogP contribution in [0.15, 0.2) is 70.3 Å². The number of aromatic nitrogens is 2. The molecule has 0 saturated heterocycles. The average Bonchev–Trinajstić information content (AvgIpc) is 3.43. The molecule has 0 bridgehead atoms. The highest BCUT2D eigenvalue weighted by molar-refractivity contribution is 5.83. The standard InChI is InChI=1S/C24H23N3O2/c1-3-27-15-21(22-9-6-10-29-22)23(28)20-13-19(14-25-24(20)27)26(2)18-11-16-7-4-5-8-17(16)12-18/h4-10,13-15,18H,3,11-12H2,1-2H3. The summed E-state index contributed by atoms with van der Waals surface area (Å²) < 4.78 is 7.50. The Labute approximate surface area is 169 Å². The van der Waals surface area contributed by atoms with E-state index in [0.29, 0.717) is 28.4 Å². The molecule has 0 fully saturated rings. The summed E-state index contributed by atoms with van der Waals surface area (Å²) in [5.41, 5.74) is 5.01. The zero-order valence-corrected chi connectivity index (χ0v) is 16.6. The topological polar surface area (TPSA) is 51.3 Å². The van der Waals surface area contributed by atoms with Crippen LogP contribution in [0.5, 0.6) is 0 Å². The van der Waals surface area contributed by atoms with Gasteiger partial charge in [0, 0.05) is 25.8 Å². The molecule has 29 heavy (non-hydrogen) atoms. The third-order valence-electron chi connectivity index (χ3n) is 6.01. The van der Waals surface area contributed by atoms with E-state index in [0.717, 1.165) is 25.1 Å². The number of nitrogens with zero attached hydrogens (tertiary/aromatic N) is 3. The first-order valence-electron chi connectivity index (χ1n) is 10.0. The molecule has 146 valence electrons. The lowest BCUT2D eigenvalue weighted by atomic mass is 10.1. The highest BCUT2D eigenvalue weighted by Crippen LogP contribution is 2.29. The number of rotatable bonds is 4. The van der Waals surface area contributed by atoms with Crippen molar-refractivity contribution < 1.29 is 4.42 Å². The fourth-order valence-corrected chi connectivity index (χ4v) is 4.32. The van der Waals surface area contributed by atoms with E-state index in [2.05, 4.69) is 41.2 Å². The van der Waals surface area contributed by atoms with Crippen LogP contribution in [-0.2, 0) is 19.4 Å². The number of benzene rings is 1. The Morgan fingerprint density at radius 1 is 1.17 bits per heavy atom. The second-order valence-electron chi connectivity index (χ2n) is 7.64. The van der Waals surface area contributed by atoms with Gasteiger partial charge in [0.15, 0.2) is 0 Å². The molecule has 3 aromatic heterocycles. The van der Waals surface area contributed by atoms with Gasteiger partial charge >= 0.3 is 0 Å². The van der Waals surface area contributed by atoms with Crippen LogP contribution in [0, 0.1) is 0 Å². The minimum absolute atomic E-state index is 0.0443. The molecule has 0 unspecified atom stereocenters. The molecule has 5 heteroatoms. The molecule has 0 amide bonds. The molecule has 0 aliphatic heterocycles. The van der Waals surface area contributed by atoms with Gasteiger partial charge in [0.25, 0.3) is 0 Å². The second-order valence-corrected chi connectivity index (χ2v) is 7.64. The maximum atomic E-state index is 13.2. The molecule has 4 aromatic rings. The van der Waals surface area contributed by atoms with Crippen molar-refractivity contribution in [1.82, 2.24) is 9.55 Å². The van der Waals surface area contributed by atoms with Gasteiger partial charge in [-0.15, -0.1) is 0 Å². The van der Waals surface area contributed by atoms with E-state index in [1.54, 1.807) is 12.3 Å². The molecule has 5 rings (SSSR count). The Balaban J connectivity index is 1.58. The van der Waals surface area contributed by atoms with Crippen molar-refractivity contribution in [3.8, 4) is 11.3 Å². The molecular weight excluding hydrogens is 362 g/mol. The van der Waals surface area contributed by atoms with Crippen molar-refractivity contribution in [2.45, 2.75) is 32.4 Å². The van der Waals surface area contributed by atoms with Gasteiger partial charge < -0.3 is 13.9 Å². The SMILES string of the molecule is CCn1cc(-c2ccco2)c(=O)c2cc(N(C)C3Cc4ccccc4C3)cnc21. The first kappa shape index (κ1) is 17.7. The fourth-order valence-electron chi connectivity index (χ4n) is 4.32. The minimum atomic E-state index is -0.0443. The number of anilines is 1. The Morgan fingerprint density at radius 3 is 2.59 bits per heavy atom. The van der Waals surface area contributed by atoms with Gasteiger partial charge in [0.05, 0.1) is 29.1 Å². The molecule has 1 aliphatic rings. The first-order chi connectivity index (χ1) is 14.2. The molecule has 0 spiro atoms. The van der Waals surface area contributed by atoms with E-state index >= 15 is 0 Å². The lowest BCUT2D eigenvalue weighted by Crippen LogP contribution is -2.32. The molecular formula is C24H23N3O2. The van der Waals surface area contributed by atoms with Crippen molar-refractivity contribution in [3.05, 3.63) is 82.5 Å². The van der Waals surface area contributed by atoms with Crippen molar-refractivity contribution in [1.29, 1.82) is 0 Å². The van der Waals surface area contributed by atoms with Gasteiger partial charge in [-0.3, -0.25) is 4.79 Å². The number of aryl methyl sites for hydroxylation is 1. The zero-order valence-electron chi connectivity index (χ0n) is 16.6. The van der Waals surface area contributed by atoms with E-state index in [9.17, 15) is 4.79 Å². The lowest BCUT2D eigenvalue weighted by Gasteiger charge is -2.26. The predicted octanol–water partition coefficient (Wildman–Crippen LogP) is 4.28. The van der Waals surface area contributed by atoms with E-state index in [-0.39, 0.29) is 5.43 Å². The van der Waals surface area contributed by atoms with E-state index in [4.69, 9.17) is 4.42 Å². The molecule has 0 radical (unpaired) electrons. The van der Waals surface area contributed by atoms with Crippen LogP contribution in [-0.4, -0.2) is 22.6 Å². The molecule has 5 nitrogen and oxygen atoms in total. The normalized spacial score (nSPS) is 13.7. The molecule has 0 saturated carbocycles. The molecule has 1 aliphatic carbocycles. The number of hydrogen-bond donors (Lipinski definition) is 0. The van der Waals surface area contributed by atoms with Gasteiger partial charge in [-0.25, -0.2) is 4.98 Å². The van der Waals surface area contributed by atoms with Gasteiger partial charge in [-0.1, -0.05) is 24.3 Å². The van der Waals surface area contributed by atoms with Gasteiger partial charge in [-0.2, -0.15) is 0 Å².